The van der Waals surface area contributed by atoms with Gasteiger partial charge in [0.2, 0.25) is 5.91 Å². The fraction of sp³-hybridized carbons (Fsp3) is 0.429. The third kappa shape index (κ3) is 6.10. The molecule has 0 radical (unpaired) electrons. The fourth-order valence-electron chi connectivity index (χ4n) is 1.67. The number of carbonyl (C=O) groups is 2. The van der Waals surface area contributed by atoms with Crippen molar-refractivity contribution in [2.75, 3.05) is 13.1 Å². The van der Waals surface area contributed by atoms with E-state index in [9.17, 15) is 14.0 Å². The van der Waals surface area contributed by atoms with Gasteiger partial charge in [-0.05, 0) is 30.2 Å². The Morgan fingerprint density at radius 3 is 2.29 bits per heavy atom. The lowest BCUT2D eigenvalue weighted by molar-refractivity contribution is -0.123. The van der Waals surface area contributed by atoms with Gasteiger partial charge in [0.15, 0.2) is 0 Å². The molecule has 0 aromatic heterocycles. The highest BCUT2D eigenvalue weighted by molar-refractivity contribution is 5.97. The molecule has 0 saturated heterocycles. The van der Waals surface area contributed by atoms with E-state index in [-0.39, 0.29) is 24.2 Å². The molecule has 4 N–H and O–H groups in total. The number of hydrogen-bond donors (Lipinski definition) is 3. The molecule has 5 nitrogen and oxygen atoms in total. The van der Waals surface area contributed by atoms with Gasteiger partial charge < -0.3 is 16.4 Å². The highest BCUT2D eigenvalue weighted by atomic mass is 35.5. The number of benzene rings is 1. The van der Waals surface area contributed by atoms with Crippen LogP contribution in [-0.4, -0.2) is 30.9 Å². The summed E-state index contributed by atoms with van der Waals surface area (Å²) in [4.78, 5) is 23.9. The van der Waals surface area contributed by atoms with Crippen LogP contribution in [0, 0.1) is 11.7 Å². The van der Waals surface area contributed by atoms with Crippen LogP contribution in [0.4, 0.5) is 4.39 Å². The average Bonchev–Trinajstić information content (AvgIpc) is 2.42. The summed E-state index contributed by atoms with van der Waals surface area (Å²) in [6.07, 6.45) is 0. The molecule has 1 unspecified atom stereocenters. The van der Waals surface area contributed by atoms with Crippen molar-refractivity contribution >= 4 is 24.2 Å². The quantitative estimate of drug-likeness (QED) is 0.734. The van der Waals surface area contributed by atoms with Crippen molar-refractivity contribution < 1.29 is 14.0 Å². The Morgan fingerprint density at radius 1 is 1.24 bits per heavy atom. The Bertz CT molecular complexity index is 466. The number of nitrogens with one attached hydrogen (secondary N) is 2. The number of nitrogens with two attached hydrogens (primary N) is 1. The second kappa shape index (κ2) is 9.31. The predicted molar refractivity (Wildman–Crippen MR) is 81.8 cm³/mol. The fourth-order valence-corrected chi connectivity index (χ4v) is 1.67. The zero-order valence-corrected chi connectivity index (χ0v) is 12.9. The Morgan fingerprint density at radius 2 is 1.81 bits per heavy atom. The minimum Gasteiger partial charge on any atom is -0.353 e. The number of rotatable bonds is 6. The first kappa shape index (κ1) is 19.3. The van der Waals surface area contributed by atoms with Gasteiger partial charge in [-0.25, -0.2) is 4.39 Å². The Kier molecular flexibility index (Phi) is 8.57. The van der Waals surface area contributed by atoms with Crippen LogP contribution in [0.25, 0.3) is 0 Å². The maximum absolute atomic E-state index is 12.8. The van der Waals surface area contributed by atoms with Crippen LogP contribution in [0.3, 0.4) is 0 Å². The number of carbonyl (C=O) groups excluding carboxylic acids is 2. The van der Waals surface area contributed by atoms with Crippen molar-refractivity contribution in [3.8, 4) is 0 Å². The van der Waals surface area contributed by atoms with Gasteiger partial charge in [-0.2, -0.15) is 0 Å². The van der Waals surface area contributed by atoms with Crippen molar-refractivity contribution in [2.45, 2.75) is 19.9 Å². The van der Waals surface area contributed by atoms with E-state index in [2.05, 4.69) is 10.6 Å². The van der Waals surface area contributed by atoms with Gasteiger partial charge in [0.05, 0.1) is 0 Å². The number of amides is 2. The predicted octanol–water partition coefficient (Wildman–Crippen LogP) is 1.08. The summed E-state index contributed by atoms with van der Waals surface area (Å²) in [5, 5.41) is 5.29. The van der Waals surface area contributed by atoms with Crippen molar-refractivity contribution in [1.82, 2.24) is 10.6 Å². The molecule has 2 amide bonds. The maximum Gasteiger partial charge on any atom is 0.251 e. The standard InChI is InChI=1S/C14H20FN3O2.ClH/c1-9(2)12(14(20)17-8-7-16)18-13(19)10-3-5-11(15)6-4-10;/h3-6,9,12H,7-8,16H2,1-2H3,(H,17,20)(H,18,19);1H. The highest BCUT2D eigenvalue weighted by Crippen LogP contribution is 2.06. The molecular weight excluding hydrogens is 297 g/mol. The lowest BCUT2D eigenvalue weighted by atomic mass is 10.0. The zero-order valence-electron chi connectivity index (χ0n) is 12.1. The average molecular weight is 318 g/mol. The third-order valence-electron chi connectivity index (χ3n) is 2.79. The van der Waals surface area contributed by atoms with E-state index >= 15 is 0 Å². The van der Waals surface area contributed by atoms with Crippen molar-refractivity contribution in [1.29, 1.82) is 0 Å². The molecule has 0 aliphatic carbocycles. The lowest BCUT2D eigenvalue weighted by Crippen LogP contribution is -2.50. The van der Waals surface area contributed by atoms with E-state index < -0.39 is 17.8 Å². The molecule has 0 heterocycles. The molecule has 1 aromatic rings. The normalized spacial score (nSPS) is 11.5. The van der Waals surface area contributed by atoms with Crippen LogP contribution in [0.1, 0.15) is 24.2 Å². The van der Waals surface area contributed by atoms with E-state index in [0.717, 1.165) is 0 Å². The SMILES string of the molecule is CC(C)C(NC(=O)c1ccc(F)cc1)C(=O)NCCN.Cl. The summed E-state index contributed by atoms with van der Waals surface area (Å²) < 4.78 is 12.8. The van der Waals surface area contributed by atoms with Crippen LogP contribution >= 0.6 is 12.4 Å². The minimum atomic E-state index is -0.654. The number of halogens is 2. The topological polar surface area (TPSA) is 84.2 Å². The first-order valence-corrected chi connectivity index (χ1v) is 6.50. The van der Waals surface area contributed by atoms with E-state index in [4.69, 9.17) is 5.73 Å². The third-order valence-corrected chi connectivity index (χ3v) is 2.79. The van der Waals surface area contributed by atoms with Crippen molar-refractivity contribution in [3.05, 3.63) is 35.6 Å². The summed E-state index contributed by atoms with van der Waals surface area (Å²) in [6, 6.07) is 4.50. The lowest BCUT2D eigenvalue weighted by Gasteiger charge is -2.21. The van der Waals surface area contributed by atoms with E-state index in [1.165, 1.54) is 24.3 Å². The molecule has 0 spiro atoms. The molecule has 118 valence electrons. The Hall–Kier alpha value is -1.66. The van der Waals surface area contributed by atoms with Gasteiger partial charge in [-0.3, -0.25) is 9.59 Å². The molecule has 0 aliphatic rings. The summed E-state index contributed by atoms with van der Waals surface area (Å²) in [7, 11) is 0. The second-order valence-electron chi connectivity index (χ2n) is 4.78. The van der Waals surface area contributed by atoms with Crippen LogP contribution in [0.15, 0.2) is 24.3 Å². The Labute approximate surface area is 129 Å². The molecule has 1 rings (SSSR count). The molecule has 1 aromatic carbocycles. The van der Waals surface area contributed by atoms with Gasteiger partial charge in [0, 0.05) is 18.7 Å². The smallest absolute Gasteiger partial charge is 0.251 e. The molecule has 0 saturated carbocycles. The largest absolute Gasteiger partial charge is 0.353 e. The van der Waals surface area contributed by atoms with Crippen LogP contribution in [-0.2, 0) is 4.79 Å². The molecular formula is C14H21ClFN3O2. The highest BCUT2D eigenvalue weighted by Gasteiger charge is 2.24. The van der Waals surface area contributed by atoms with Crippen LogP contribution in [0.2, 0.25) is 0 Å². The van der Waals surface area contributed by atoms with Gasteiger partial charge in [0.25, 0.3) is 5.91 Å². The van der Waals surface area contributed by atoms with Crippen LogP contribution in [0.5, 0.6) is 0 Å². The van der Waals surface area contributed by atoms with Crippen LogP contribution < -0.4 is 16.4 Å². The molecule has 0 bridgehead atoms. The first-order valence-electron chi connectivity index (χ1n) is 6.50. The van der Waals surface area contributed by atoms with Gasteiger partial charge in [-0.15, -0.1) is 12.4 Å². The summed E-state index contributed by atoms with van der Waals surface area (Å²) in [5.74, 6) is -1.17. The van der Waals surface area contributed by atoms with Gasteiger partial charge in [0.1, 0.15) is 11.9 Å². The van der Waals surface area contributed by atoms with Crippen molar-refractivity contribution in [2.24, 2.45) is 11.7 Å². The molecule has 0 aliphatic heterocycles. The number of hydrogen-bond acceptors (Lipinski definition) is 3. The summed E-state index contributed by atoms with van der Waals surface area (Å²) in [6.45, 7) is 4.35. The van der Waals surface area contributed by atoms with E-state index in [1.54, 1.807) is 0 Å². The molecule has 7 heteroatoms. The van der Waals surface area contributed by atoms with E-state index in [1.807, 2.05) is 13.8 Å². The maximum atomic E-state index is 12.8. The molecule has 0 fully saturated rings. The monoisotopic (exact) mass is 317 g/mol. The molecule has 1 atom stereocenters. The summed E-state index contributed by atoms with van der Waals surface area (Å²) in [5.41, 5.74) is 5.63. The Balaban J connectivity index is 0.00000400. The van der Waals surface area contributed by atoms with Gasteiger partial charge in [-0.1, -0.05) is 13.8 Å². The van der Waals surface area contributed by atoms with Crippen molar-refractivity contribution in [3.63, 3.8) is 0 Å². The molecule has 21 heavy (non-hydrogen) atoms. The first-order chi connectivity index (χ1) is 9.45. The summed E-state index contributed by atoms with van der Waals surface area (Å²) >= 11 is 0. The zero-order chi connectivity index (χ0) is 15.1. The minimum absolute atomic E-state index is 0. The van der Waals surface area contributed by atoms with E-state index in [0.29, 0.717) is 18.7 Å². The van der Waals surface area contributed by atoms with Gasteiger partial charge >= 0.3 is 0 Å². The second-order valence-corrected chi connectivity index (χ2v) is 4.78.